The second kappa shape index (κ2) is 5.81. The van der Waals surface area contributed by atoms with Crippen LogP contribution in [0, 0.1) is 5.92 Å². The molecule has 0 bridgehead atoms. The molecule has 1 amide bonds. The van der Waals surface area contributed by atoms with Gasteiger partial charge < -0.3 is 9.88 Å². The molecule has 0 spiro atoms. The van der Waals surface area contributed by atoms with Crippen LogP contribution < -0.4 is 5.56 Å². The molecule has 1 aromatic heterocycles. The second-order valence-electron chi connectivity index (χ2n) is 6.64. The Balaban J connectivity index is 1.50. The molecular weight excluding hydrogens is 290 g/mol. The highest BCUT2D eigenvalue weighted by atomic mass is 16.2. The predicted octanol–water partition coefficient (Wildman–Crippen LogP) is 1.70. The molecule has 1 saturated heterocycles. The van der Waals surface area contributed by atoms with Crippen molar-refractivity contribution in [2.24, 2.45) is 5.92 Å². The molecule has 0 atom stereocenters. The minimum Gasteiger partial charge on any atom is -0.336 e. The van der Waals surface area contributed by atoms with E-state index >= 15 is 0 Å². The maximum atomic E-state index is 12.7. The standard InChI is InChI=1S/C18H21N3O2/c22-17-15(11-14-3-1-2-4-16(14)19-17)18(23)21-9-7-20(8-10-21)12-13-5-6-13/h1-4,11,13H,5-10,12H2,(H,19,22). The lowest BCUT2D eigenvalue weighted by Crippen LogP contribution is -2.49. The minimum atomic E-state index is -0.297. The summed E-state index contributed by atoms with van der Waals surface area (Å²) in [6.45, 7) is 4.40. The van der Waals surface area contributed by atoms with Gasteiger partial charge in [0.15, 0.2) is 0 Å². The number of rotatable bonds is 3. The normalized spacial score (nSPS) is 19.2. The number of aromatic amines is 1. The summed E-state index contributed by atoms with van der Waals surface area (Å²) >= 11 is 0. The van der Waals surface area contributed by atoms with E-state index in [0.29, 0.717) is 13.1 Å². The first-order valence-electron chi connectivity index (χ1n) is 8.34. The van der Waals surface area contributed by atoms with Gasteiger partial charge in [-0.1, -0.05) is 18.2 Å². The van der Waals surface area contributed by atoms with Crippen LogP contribution >= 0.6 is 0 Å². The smallest absolute Gasteiger partial charge is 0.261 e. The van der Waals surface area contributed by atoms with Crippen LogP contribution in [0.5, 0.6) is 0 Å². The highest BCUT2D eigenvalue weighted by Crippen LogP contribution is 2.30. The van der Waals surface area contributed by atoms with Gasteiger partial charge in [0.2, 0.25) is 0 Å². The number of hydrogen-bond donors (Lipinski definition) is 1. The molecule has 1 aliphatic heterocycles. The summed E-state index contributed by atoms with van der Waals surface area (Å²) in [6.07, 6.45) is 2.71. The van der Waals surface area contributed by atoms with Crippen molar-refractivity contribution in [2.75, 3.05) is 32.7 Å². The molecule has 2 aromatic rings. The first-order chi connectivity index (χ1) is 11.2. The fourth-order valence-corrected chi connectivity index (χ4v) is 3.28. The quantitative estimate of drug-likeness (QED) is 0.938. The molecule has 0 radical (unpaired) electrons. The van der Waals surface area contributed by atoms with Crippen LogP contribution in [0.25, 0.3) is 10.9 Å². The molecule has 1 aliphatic carbocycles. The Morgan fingerprint density at radius 1 is 1.13 bits per heavy atom. The van der Waals surface area contributed by atoms with Crippen molar-refractivity contribution in [1.82, 2.24) is 14.8 Å². The average molecular weight is 311 g/mol. The lowest BCUT2D eigenvalue weighted by molar-refractivity contribution is 0.0630. The van der Waals surface area contributed by atoms with E-state index in [-0.39, 0.29) is 17.0 Å². The third-order valence-electron chi connectivity index (χ3n) is 4.86. The summed E-state index contributed by atoms with van der Waals surface area (Å²) < 4.78 is 0. The minimum absolute atomic E-state index is 0.150. The van der Waals surface area contributed by atoms with Gasteiger partial charge in [0.1, 0.15) is 5.56 Å². The van der Waals surface area contributed by atoms with Gasteiger partial charge in [-0.2, -0.15) is 0 Å². The summed E-state index contributed by atoms with van der Waals surface area (Å²) in [5, 5.41) is 0.891. The first kappa shape index (κ1) is 14.5. The van der Waals surface area contributed by atoms with E-state index in [1.807, 2.05) is 29.2 Å². The molecule has 1 N–H and O–H groups in total. The van der Waals surface area contributed by atoms with Crippen molar-refractivity contribution in [2.45, 2.75) is 12.8 Å². The van der Waals surface area contributed by atoms with Gasteiger partial charge in [-0.05, 0) is 36.3 Å². The lowest BCUT2D eigenvalue weighted by Gasteiger charge is -2.34. The second-order valence-corrected chi connectivity index (χ2v) is 6.64. The van der Waals surface area contributed by atoms with Crippen molar-refractivity contribution >= 4 is 16.8 Å². The molecule has 4 rings (SSSR count). The van der Waals surface area contributed by atoms with E-state index in [1.165, 1.54) is 19.4 Å². The largest absolute Gasteiger partial charge is 0.336 e. The van der Waals surface area contributed by atoms with Crippen molar-refractivity contribution in [3.05, 3.63) is 46.2 Å². The first-order valence-corrected chi connectivity index (χ1v) is 8.34. The van der Waals surface area contributed by atoms with E-state index in [1.54, 1.807) is 6.07 Å². The molecule has 2 heterocycles. The highest BCUT2D eigenvalue weighted by Gasteiger charge is 2.28. The Morgan fingerprint density at radius 3 is 2.61 bits per heavy atom. The number of fused-ring (bicyclic) bond motifs is 1. The molecule has 5 heteroatoms. The zero-order chi connectivity index (χ0) is 15.8. The van der Waals surface area contributed by atoms with E-state index < -0.39 is 0 Å². The van der Waals surface area contributed by atoms with E-state index in [0.717, 1.165) is 29.9 Å². The zero-order valence-electron chi connectivity index (χ0n) is 13.1. The fraction of sp³-hybridized carbons (Fsp3) is 0.444. The molecule has 2 aliphatic rings. The number of nitrogens with one attached hydrogen (secondary N) is 1. The molecule has 1 aromatic carbocycles. The molecule has 5 nitrogen and oxygen atoms in total. The van der Waals surface area contributed by atoms with Gasteiger partial charge in [-0.3, -0.25) is 14.5 Å². The number of piperazine rings is 1. The van der Waals surface area contributed by atoms with E-state index in [2.05, 4.69) is 9.88 Å². The van der Waals surface area contributed by atoms with Gasteiger partial charge in [-0.15, -0.1) is 0 Å². The lowest BCUT2D eigenvalue weighted by atomic mass is 10.1. The predicted molar refractivity (Wildman–Crippen MR) is 89.6 cm³/mol. The zero-order valence-corrected chi connectivity index (χ0v) is 13.1. The average Bonchev–Trinajstić information content (AvgIpc) is 3.38. The Morgan fingerprint density at radius 2 is 1.87 bits per heavy atom. The number of pyridine rings is 1. The van der Waals surface area contributed by atoms with Crippen LogP contribution in [0.2, 0.25) is 0 Å². The van der Waals surface area contributed by atoms with Crippen molar-refractivity contribution in [3.63, 3.8) is 0 Å². The third-order valence-corrected chi connectivity index (χ3v) is 4.86. The molecule has 120 valence electrons. The molecular formula is C18H21N3O2. The molecule has 1 saturated carbocycles. The van der Waals surface area contributed by atoms with E-state index in [9.17, 15) is 9.59 Å². The monoisotopic (exact) mass is 311 g/mol. The number of benzene rings is 1. The molecule has 2 fully saturated rings. The number of para-hydroxylation sites is 1. The number of aromatic nitrogens is 1. The summed E-state index contributed by atoms with van der Waals surface area (Å²) in [7, 11) is 0. The Bertz CT molecular complexity index is 786. The SMILES string of the molecule is O=C(c1cc2ccccc2[nH]c1=O)N1CCN(CC2CC2)CC1. The Labute approximate surface area is 134 Å². The Hall–Kier alpha value is -2.14. The topological polar surface area (TPSA) is 56.4 Å². The van der Waals surface area contributed by atoms with Crippen LogP contribution in [0.3, 0.4) is 0 Å². The fourth-order valence-electron chi connectivity index (χ4n) is 3.28. The number of hydrogen-bond acceptors (Lipinski definition) is 3. The van der Waals surface area contributed by atoms with Gasteiger partial charge in [-0.25, -0.2) is 0 Å². The molecule has 0 unspecified atom stereocenters. The van der Waals surface area contributed by atoms with Gasteiger partial charge >= 0.3 is 0 Å². The number of carbonyl (C=O) groups excluding carboxylic acids is 1. The van der Waals surface area contributed by atoms with Crippen LogP contribution in [-0.4, -0.2) is 53.4 Å². The maximum absolute atomic E-state index is 12.7. The number of amides is 1. The molecule has 23 heavy (non-hydrogen) atoms. The Kier molecular flexibility index (Phi) is 3.65. The number of nitrogens with zero attached hydrogens (tertiary/aromatic N) is 2. The number of H-pyrrole nitrogens is 1. The van der Waals surface area contributed by atoms with Crippen molar-refractivity contribution in [1.29, 1.82) is 0 Å². The summed E-state index contributed by atoms with van der Waals surface area (Å²) in [5.41, 5.74) is 0.719. The summed E-state index contributed by atoms with van der Waals surface area (Å²) in [4.78, 5) is 32.0. The van der Waals surface area contributed by atoms with Crippen LogP contribution in [0.1, 0.15) is 23.2 Å². The van der Waals surface area contributed by atoms with Crippen LogP contribution in [0.4, 0.5) is 0 Å². The summed E-state index contributed by atoms with van der Waals surface area (Å²) in [5.74, 6) is 0.726. The number of carbonyl (C=O) groups is 1. The van der Waals surface area contributed by atoms with Crippen molar-refractivity contribution < 1.29 is 4.79 Å². The highest BCUT2D eigenvalue weighted by molar-refractivity contribution is 5.97. The van der Waals surface area contributed by atoms with Gasteiger partial charge in [0.25, 0.3) is 11.5 Å². The van der Waals surface area contributed by atoms with Crippen molar-refractivity contribution in [3.8, 4) is 0 Å². The van der Waals surface area contributed by atoms with Gasteiger partial charge in [0.05, 0.1) is 0 Å². The van der Waals surface area contributed by atoms with Crippen LogP contribution in [-0.2, 0) is 0 Å². The maximum Gasteiger partial charge on any atom is 0.261 e. The third kappa shape index (κ3) is 3.01. The summed E-state index contributed by atoms with van der Waals surface area (Å²) in [6, 6.07) is 9.26. The van der Waals surface area contributed by atoms with Gasteiger partial charge in [0, 0.05) is 38.2 Å². The van der Waals surface area contributed by atoms with Crippen LogP contribution in [0.15, 0.2) is 35.1 Å². The van der Waals surface area contributed by atoms with E-state index in [4.69, 9.17) is 0 Å².